The summed E-state index contributed by atoms with van der Waals surface area (Å²) in [5.74, 6) is 0. The molecule has 2 aromatic rings. The molecule has 0 radical (unpaired) electrons. The van der Waals surface area contributed by atoms with E-state index in [-0.39, 0.29) is 6.04 Å². The summed E-state index contributed by atoms with van der Waals surface area (Å²) in [6, 6.07) is 7.83. The Morgan fingerprint density at radius 3 is 2.69 bits per heavy atom. The molecule has 0 spiro atoms. The Balaban J connectivity index is 2.33. The monoisotopic (exact) mass is 235 g/mol. The average Bonchev–Trinajstić information content (AvgIpc) is 2.66. The maximum Gasteiger partial charge on any atom is 0.0951 e. The van der Waals surface area contributed by atoms with E-state index in [4.69, 9.17) is 17.3 Å². The third-order valence-corrected chi connectivity index (χ3v) is 2.59. The fourth-order valence-corrected chi connectivity index (χ4v) is 1.76. The standard InChI is InChI=1S/C12H14ClN3/c1-9(14)7-16-8-15-6-12(16)10-2-4-11(13)5-3-10/h2-6,8-9H,7,14H2,1H3. The van der Waals surface area contributed by atoms with Gasteiger partial charge in [0.15, 0.2) is 0 Å². The number of halogens is 1. The number of hydrogen-bond donors (Lipinski definition) is 1. The third kappa shape index (κ3) is 2.43. The molecule has 0 saturated heterocycles. The number of aromatic nitrogens is 2. The predicted octanol–water partition coefficient (Wildman–Crippen LogP) is 2.55. The van der Waals surface area contributed by atoms with Crippen LogP contribution in [0.3, 0.4) is 0 Å². The molecule has 1 atom stereocenters. The third-order valence-electron chi connectivity index (χ3n) is 2.34. The number of hydrogen-bond acceptors (Lipinski definition) is 2. The van der Waals surface area contributed by atoms with Gasteiger partial charge in [-0.15, -0.1) is 0 Å². The summed E-state index contributed by atoms with van der Waals surface area (Å²) in [5.41, 5.74) is 7.95. The molecule has 1 aromatic carbocycles. The maximum absolute atomic E-state index is 5.85. The Bertz CT molecular complexity index is 459. The van der Waals surface area contributed by atoms with Crippen LogP contribution in [0.1, 0.15) is 6.92 Å². The van der Waals surface area contributed by atoms with Crippen molar-refractivity contribution in [1.29, 1.82) is 0 Å². The highest BCUT2D eigenvalue weighted by Crippen LogP contribution is 2.21. The van der Waals surface area contributed by atoms with Crippen LogP contribution in [0.25, 0.3) is 11.3 Å². The Morgan fingerprint density at radius 1 is 1.38 bits per heavy atom. The van der Waals surface area contributed by atoms with Gasteiger partial charge in [-0.1, -0.05) is 23.7 Å². The Labute approximate surface area is 99.9 Å². The van der Waals surface area contributed by atoms with Crippen molar-refractivity contribution < 1.29 is 0 Å². The molecule has 2 rings (SSSR count). The second-order valence-electron chi connectivity index (χ2n) is 3.92. The zero-order valence-corrected chi connectivity index (χ0v) is 9.85. The van der Waals surface area contributed by atoms with Crippen LogP contribution < -0.4 is 5.73 Å². The van der Waals surface area contributed by atoms with Gasteiger partial charge in [0.2, 0.25) is 0 Å². The van der Waals surface area contributed by atoms with Crippen LogP contribution in [-0.2, 0) is 6.54 Å². The average molecular weight is 236 g/mol. The van der Waals surface area contributed by atoms with Gasteiger partial charge in [0, 0.05) is 17.6 Å². The van der Waals surface area contributed by atoms with Gasteiger partial charge in [0.1, 0.15) is 0 Å². The lowest BCUT2D eigenvalue weighted by atomic mass is 10.1. The smallest absolute Gasteiger partial charge is 0.0951 e. The lowest BCUT2D eigenvalue weighted by Crippen LogP contribution is -2.22. The SMILES string of the molecule is CC(N)Cn1cncc1-c1ccc(Cl)cc1. The molecular formula is C12H14ClN3. The van der Waals surface area contributed by atoms with Gasteiger partial charge in [0.05, 0.1) is 18.2 Å². The van der Waals surface area contributed by atoms with E-state index in [2.05, 4.69) is 4.98 Å². The first kappa shape index (κ1) is 11.2. The summed E-state index contributed by atoms with van der Waals surface area (Å²) in [7, 11) is 0. The van der Waals surface area contributed by atoms with Crippen LogP contribution in [0.15, 0.2) is 36.8 Å². The molecule has 0 bridgehead atoms. The molecule has 0 saturated carbocycles. The first-order valence-corrected chi connectivity index (χ1v) is 5.56. The van der Waals surface area contributed by atoms with Crippen molar-refractivity contribution in [2.75, 3.05) is 0 Å². The van der Waals surface area contributed by atoms with Crippen LogP contribution in [0.5, 0.6) is 0 Å². The van der Waals surface area contributed by atoms with Crippen molar-refractivity contribution >= 4 is 11.6 Å². The van der Waals surface area contributed by atoms with E-state index in [1.165, 1.54) is 0 Å². The second kappa shape index (κ2) is 4.68. The summed E-state index contributed by atoms with van der Waals surface area (Å²) < 4.78 is 2.05. The molecule has 84 valence electrons. The van der Waals surface area contributed by atoms with E-state index in [0.717, 1.165) is 22.8 Å². The molecule has 1 unspecified atom stereocenters. The van der Waals surface area contributed by atoms with Crippen molar-refractivity contribution in [3.8, 4) is 11.3 Å². The molecular weight excluding hydrogens is 222 g/mol. The minimum absolute atomic E-state index is 0.111. The van der Waals surface area contributed by atoms with E-state index in [9.17, 15) is 0 Å². The predicted molar refractivity (Wildman–Crippen MR) is 66.3 cm³/mol. The van der Waals surface area contributed by atoms with Crippen molar-refractivity contribution in [2.45, 2.75) is 19.5 Å². The molecule has 4 heteroatoms. The second-order valence-corrected chi connectivity index (χ2v) is 4.35. The van der Waals surface area contributed by atoms with Crippen LogP contribution in [0.2, 0.25) is 5.02 Å². The van der Waals surface area contributed by atoms with Gasteiger partial charge in [-0.05, 0) is 24.6 Å². The topological polar surface area (TPSA) is 43.8 Å². The highest BCUT2D eigenvalue weighted by atomic mass is 35.5. The Morgan fingerprint density at radius 2 is 2.06 bits per heavy atom. The van der Waals surface area contributed by atoms with Crippen molar-refractivity contribution in [2.24, 2.45) is 5.73 Å². The number of nitrogens with two attached hydrogens (primary N) is 1. The van der Waals surface area contributed by atoms with Crippen LogP contribution in [0.4, 0.5) is 0 Å². The molecule has 3 nitrogen and oxygen atoms in total. The van der Waals surface area contributed by atoms with E-state index in [1.807, 2.05) is 42.0 Å². The quantitative estimate of drug-likeness (QED) is 0.889. The Hall–Kier alpha value is -1.32. The van der Waals surface area contributed by atoms with Gasteiger partial charge >= 0.3 is 0 Å². The van der Waals surface area contributed by atoms with Gasteiger partial charge in [-0.3, -0.25) is 0 Å². The van der Waals surface area contributed by atoms with Crippen LogP contribution in [0, 0.1) is 0 Å². The fraction of sp³-hybridized carbons (Fsp3) is 0.250. The number of benzene rings is 1. The molecule has 16 heavy (non-hydrogen) atoms. The van der Waals surface area contributed by atoms with Crippen LogP contribution in [-0.4, -0.2) is 15.6 Å². The highest BCUT2D eigenvalue weighted by Gasteiger charge is 2.06. The molecule has 0 fully saturated rings. The molecule has 2 N–H and O–H groups in total. The molecule has 0 aliphatic rings. The van der Waals surface area contributed by atoms with E-state index < -0.39 is 0 Å². The lowest BCUT2D eigenvalue weighted by Gasteiger charge is -2.10. The number of rotatable bonds is 3. The van der Waals surface area contributed by atoms with Crippen molar-refractivity contribution in [3.05, 3.63) is 41.8 Å². The fourth-order valence-electron chi connectivity index (χ4n) is 1.64. The maximum atomic E-state index is 5.85. The summed E-state index contributed by atoms with van der Waals surface area (Å²) in [5, 5.41) is 0.738. The first-order chi connectivity index (χ1) is 7.66. The summed E-state index contributed by atoms with van der Waals surface area (Å²) in [4.78, 5) is 4.15. The van der Waals surface area contributed by atoms with Gasteiger partial charge in [0.25, 0.3) is 0 Å². The zero-order valence-electron chi connectivity index (χ0n) is 9.10. The molecule has 0 aliphatic heterocycles. The molecule has 0 amide bonds. The van der Waals surface area contributed by atoms with Gasteiger partial charge in [-0.2, -0.15) is 0 Å². The zero-order chi connectivity index (χ0) is 11.5. The van der Waals surface area contributed by atoms with E-state index >= 15 is 0 Å². The molecule has 1 aromatic heterocycles. The normalized spacial score (nSPS) is 12.7. The molecule has 0 aliphatic carbocycles. The largest absolute Gasteiger partial charge is 0.329 e. The number of nitrogens with zero attached hydrogens (tertiary/aromatic N) is 2. The Kier molecular flexibility index (Phi) is 3.27. The van der Waals surface area contributed by atoms with Gasteiger partial charge < -0.3 is 10.3 Å². The van der Waals surface area contributed by atoms with Gasteiger partial charge in [-0.25, -0.2) is 4.98 Å². The minimum atomic E-state index is 0.111. The lowest BCUT2D eigenvalue weighted by molar-refractivity contribution is 0.593. The van der Waals surface area contributed by atoms with Crippen LogP contribution >= 0.6 is 11.6 Å². The van der Waals surface area contributed by atoms with Crippen molar-refractivity contribution in [3.63, 3.8) is 0 Å². The summed E-state index contributed by atoms with van der Waals surface area (Å²) >= 11 is 5.85. The number of imidazole rings is 1. The minimum Gasteiger partial charge on any atom is -0.329 e. The van der Waals surface area contributed by atoms with Crippen molar-refractivity contribution in [1.82, 2.24) is 9.55 Å². The summed E-state index contributed by atoms with van der Waals surface area (Å²) in [6.45, 7) is 2.74. The highest BCUT2D eigenvalue weighted by molar-refractivity contribution is 6.30. The van der Waals surface area contributed by atoms with E-state index in [0.29, 0.717) is 0 Å². The van der Waals surface area contributed by atoms with E-state index in [1.54, 1.807) is 6.33 Å². The summed E-state index contributed by atoms with van der Waals surface area (Å²) in [6.07, 6.45) is 3.64. The molecule has 1 heterocycles. The first-order valence-electron chi connectivity index (χ1n) is 5.18.